The standard InChI is InChI=1S/C24H30N4/c1-25(2)19-10-14-21(15-11-19)27(5)23-8-7-9-24(18-23)28(6)22-16-12-20(13-17-22)26(3)4/h7-18H,1-6H3. The maximum absolute atomic E-state index is 2.22. The number of rotatable bonds is 6. The largest absolute Gasteiger partial charge is 0.378 e. The van der Waals surface area contributed by atoms with Crippen molar-refractivity contribution in [3.63, 3.8) is 0 Å². The van der Waals surface area contributed by atoms with E-state index in [-0.39, 0.29) is 0 Å². The fraction of sp³-hybridized carbons (Fsp3) is 0.250. The highest BCUT2D eigenvalue weighted by Gasteiger charge is 2.09. The average molecular weight is 375 g/mol. The van der Waals surface area contributed by atoms with Crippen molar-refractivity contribution in [3.8, 4) is 0 Å². The van der Waals surface area contributed by atoms with Gasteiger partial charge in [-0.05, 0) is 66.7 Å². The normalized spacial score (nSPS) is 10.5. The van der Waals surface area contributed by atoms with Crippen LogP contribution in [0, 0.1) is 0 Å². The van der Waals surface area contributed by atoms with E-state index < -0.39 is 0 Å². The Morgan fingerprint density at radius 1 is 0.393 bits per heavy atom. The third kappa shape index (κ3) is 4.22. The predicted molar refractivity (Wildman–Crippen MR) is 124 cm³/mol. The highest BCUT2D eigenvalue weighted by atomic mass is 15.1. The smallest absolute Gasteiger partial charge is 0.0429 e. The van der Waals surface area contributed by atoms with Crippen molar-refractivity contribution < 1.29 is 0 Å². The SMILES string of the molecule is CN(C)c1ccc(N(C)c2cccc(N(C)c3ccc(N(C)C)cc3)c2)cc1. The van der Waals surface area contributed by atoms with E-state index in [1.807, 2.05) is 0 Å². The van der Waals surface area contributed by atoms with Gasteiger partial charge in [-0.1, -0.05) is 6.07 Å². The zero-order valence-corrected chi connectivity index (χ0v) is 17.7. The zero-order chi connectivity index (χ0) is 20.3. The molecule has 4 heteroatoms. The molecule has 3 aromatic carbocycles. The molecule has 0 saturated heterocycles. The second-order valence-electron chi connectivity index (χ2n) is 7.46. The average Bonchev–Trinajstić information content (AvgIpc) is 2.73. The Bertz CT molecular complexity index is 826. The molecule has 0 aliphatic carbocycles. The molecule has 0 heterocycles. The molecule has 0 radical (unpaired) electrons. The summed E-state index contributed by atoms with van der Waals surface area (Å²) in [4.78, 5) is 8.65. The van der Waals surface area contributed by atoms with Gasteiger partial charge in [0.05, 0.1) is 0 Å². The van der Waals surface area contributed by atoms with Crippen LogP contribution in [0.5, 0.6) is 0 Å². The molecule has 146 valence electrons. The molecular weight excluding hydrogens is 344 g/mol. The summed E-state index contributed by atoms with van der Waals surface area (Å²) in [5.41, 5.74) is 7.05. The summed E-state index contributed by atoms with van der Waals surface area (Å²) in [5, 5.41) is 0. The van der Waals surface area contributed by atoms with E-state index in [0.717, 1.165) is 11.4 Å². The Balaban J connectivity index is 1.82. The Labute approximate surface area is 169 Å². The number of nitrogens with zero attached hydrogens (tertiary/aromatic N) is 4. The summed E-state index contributed by atoms with van der Waals surface area (Å²) in [7, 11) is 12.4. The van der Waals surface area contributed by atoms with E-state index in [2.05, 4.69) is 135 Å². The number of hydrogen-bond donors (Lipinski definition) is 0. The third-order valence-electron chi connectivity index (χ3n) is 5.11. The minimum absolute atomic E-state index is 1.16. The molecule has 0 fully saturated rings. The lowest BCUT2D eigenvalue weighted by Crippen LogP contribution is -2.13. The molecule has 4 nitrogen and oxygen atoms in total. The van der Waals surface area contributed by atoms with Crippen LogP contribution >= 0.6 is 0 Å². The molecule has 0 saturated carbocycles. The minimum atomic E-state index is 1.16. The van der Waals surface area contributed by atoms with Gasteiger partial charge in [0.2, 0.25) is 0 Å². The molecular formula is C24H30N4. The Hall–Kier alpha value is -3.14. The molecule has 0 unspecified atom stereocenters. The third-order valence-corrected chi connectivity index (χ3v) is 5.11. The van der Waals surface area contributed by atoms with Crippen molar-refractivity contribution in [2.45, 2.75) is 0 Å². The summed E-state index contributed by atoms with van der Waals surface area (Å²) in [6, 6.07) is 25.8. The van der Waals surface area contributed by atoms with Gasteiger partial charge in [-0.25, -0.2) is 0 Å². The molecule has 3 aromatic rings. The van der Waals surface area contributed by atoms with Crippen LogP contribution < -0.4 is 19.6 Å². The van der Waals surface area contributed by atoms with Gasteiger partial charge in [-0.15, -0.1) is 0 Å². The van der Waals surface area contributed by atoms with Crippen molar-refractivity contribution >= 4 is 34.1 Å². The molecule has 0 spiro atoms. The van der Waals surface area contributed by atoms with E-state index in [9.17, 15) is 0 Å². The van der Waals surface area contributed by atoms with Gasteiger partial charge < -0.3 is 19.6 Å². The first kappa shape index (κ1) is 19.6. The van der Waals surface area contributed by atoms with Crippen molar-refractivity contribution in [1.29, 1.82) is 0 Å². The Kier molecular flexibility index (Phi) is 5.78. The van der Waals surface area contributed by atoms with Crippen LogP contribution in [0.15, 0.2) is 72.8 Å². The van der Waals surface area contributed by atoms with Crippen LogP contribution in [0.25, 0.3) is 0 Å². The van der Waals surface area contributed by atoms with E-state index in [1.165, 1.54) is 22.7 Å². The number of benzene rings is 3. The Morgan fingerprint density at radius 2 is 0.714 bits per heavy atom. The zero-order valence-electron chi connectivity index (χ0n) is 17.7. The van der Waals surface area contributed by atoms with E-state index in [1.54, 1.807) is 0 Å². The van der Waals surface area contributed by atoms with Crippen LogP contribution in [0.2, 0.25) is 0 Å². The lowest BCUT2D eigenvalue weighted by Gasteiger charge is -2.25. The summed E-state index contributed by atoms with van der Waals surface area (Å²) >= 11 is 0. The van der Waals surface area contributed by atoms with Crippen LogP contribution in [-0.4, -0.2) is 42.3 Å². The summed E-state index contributed by atoms with van der Waals surface area (Å²) in [5.74, 6) is 0. The van der Waals surface area contributed by atoms with Crippen LogP contribution in [0.3, 0.4) is 0 Å². The summed E-state index contributed by atoms with van der Waals surface area (Å²) in [6.45, 7) is 0. The van der Waals surface area contributed by atoms with Crippen molar-refractivity contribution in [3.05, 3.63) is 72.8 Å². The fourth-order valence-corrected chi connectivity index (χ4v) is 3.16. The van der Waals surface area contributed by atoms with Crippen LogP contribution in [0.4, 0.5) is 34.1 Å². The van der Waals surface area contributed by atoms with Gasteiger partial charge in [0, 0.05) is 76.4 Å². The van der Waals surface area contributed by atoms with Crippen LogP contribution in [0.1, 0.15) is 0 Å². The van der Waals surface area contributed by atoms with Gasteiger partial charge in [0.15, 0.2) is 0 Å². The van der Waals surface area contributed by atoms with Gasteiger partial charge in [0.1, 0.15) is 0 Å². The molecule has 0 amide bonds. The highest BCUT2D eigenvalue weighted by molar-refractivity contribution is 5.72. The second-order valence-corrected chi connectivity index (χ2v) is 7.46. The van der Waals surface area contributed by atoms with E-state index in [0.29, 0.717) is 0 Å². The lowest BCUT2D eigenvalue weighted by molar-refractivity contribution is 1.12. The quantitative estimate of drug-likeness (QED) is 0.576. The highest BCUT2D eigenvalue weighted by Crippen LogP contribution is 2.31. The Morgan fingerprint density at radius 3 is 1.04 bits per heavy atom. The lowest BCUT2D eigenvalue weighted by atomic mass is 10.2. The van der Waals surface area contributed by atoms with Crippen molar-refractivity contribution in [2.24, 2.45) is 0 Å². The molecule has 0 aliphatic heterocycles. The van der Waals surface area contributed by atoms with Gasteiger partial charge in [-0.3, -0.25) is 0 Å². The minimum Gasteiger partial charge on any atom is -0.378 e. The first-order valence-electron chi connectivity index (χ1n) is 9.49. The van der Waals surface area contributed by atoms with Gasteiger partial charge in [0.25, 0.3) is 0 Å². The maximum atomic E-state index is 2.22. The number of anilines is 6. The van der Waals surface area contributed by atoms with Crippen molar-refractivity contribution in [2.75, 3.05) is 61.9 Å². The topological polar surface area (TPSA) is 13.0 Å². The molecule has 0 aromatic heterocycles. The monoisotopic (exact) mass is 374 g/mol. The molecule has 0 N–H and O–H groups in total. The molecule has 3 rings (SSSR count). The number of hydrogen-bond acceptors (Lipinski definition) is 4. The molecule has 0 aliphatic rings. The van der Waals surface area contributed by atoms with Gasteiger partial charge in [-0.2, -0.15) is 0 Å². The van der Waals surface area contributed by atoms with Gasteiger partial charge >= 0.3 is 0 Å². The second kappa shape index (κ2) is 8.26. The van der Waals surface area contributed by atoms with Crippen molar-refractivity contribution in [1.82, 2.24) is 0 Å². The van der Waals surface area contributed by atoms with Crippen LogP contribution in [-0.2, 0) is 0 Å². The van der Waals surface area contributed by atoms with E-state index in [4.69, 9.17) is 0 Å². The summed E-state index contributed by atoms with van der Waals surface area (Å²) in [6.07, 6.45) is 0. The molecule has 28 heavy (non-hydrogen) atoms. The predicted octanol–water partition coefficient (Wildman–Crippen LogP) is 5.35. The first-order valence-corrected chi connectivity index (χ1v) is 9.49. The molecule has 0 atom stereocenters. The first-order chi connectivity index (χ1) is 13.4. The summed E-state index contributed by atoms with van der Waals surface area (Å²) < 4.78 is 0. The molecule has 0 bridgehead atoms. The fourth-order valence-electron chi connectivity index (χ4n) is 3.16. The van der Waals surface area contributed by atoms with E-state index >= 15 is 0 Å². The maximum Gasteiger partial charge on any atom is 0.0429 e.